The second-order valence-electron chi connectivity index (χ2n) is 4.71. The van der Waals surface area contributed by atoms with Crippen molar-refractivity contribution in [2.45, 2.75) is 32.4 Å². The van der Waals surface area contributed by atoms with Crippen LogP contribution in [0.25, 0.3) is 0 Å². The number of benzene rings is 1. The molecule has 1 atom stereocenters. The van der Waals surface area contributed by atoms with Crippen LogP contribution in [0.1, 0.15) is 25.3 Å². The predicted molar refractivity (Wildman–Crippen MR) is 71.6 cm³/mol. The Morgan fingerprint density at radius 1 is 1.42 bits per heavy atom. The minimum atomic E-state index is -0.999. The highest BCUT2D eigenvalue weighted by Crippen LogP contribution is 2.21. The maximum Gasteiger partial charge on any atom is 0.248 e. The Morgan fingerprint density at radius 2 is 2.11 bits per heavy atom. The molecule has 2 N–H and O–H groups in total. The lowest BCUT2D eigenvalue weighted by Gasteiger charge is -2.16. The first-order chi connectivity index (χ1) is 9.08. The van der Waals surface area contributed by atoms with Crippen molar-refractivity contribution in [1.82, 2.24) is 5.32 Å². The Morgan fingerprint density at radius 3 is 2.63 bits per heavy atom. The van der Waals surface area contributed by atoms with E-state index in [9.17, 15) is 9.59 Å². The van der Waals surface area contributed by atoms with Crippen LogP contribution in [0.4, 0.5) is 5.69 Å². The highest BCUT2D eigenvalue weighted by molar-refractivity contribution is 5.95. The van der Waals surface area contributed by atoms with Gasteiger partial charge in [-0.3, -0.25) is 9.59 Å². The number of rotatable bonds is 4. The molecule has 1 unspecified atom stereocenters. The molecular weight excluding hydrogens is 244 g/mol. The molecule has 0 radical (unpaired) electrons. The highest BCUT2D eigenvalue weighted by Gasteiger charge is 2.21. The Hall–Kier alpha value is -1.88. The van der Waals surface area contributed by atoms with E-state index in [0.717, 1.165) is 24.2 Å². The zero-order chi connectivity index (χ0) is 13.8. The molecule has 1 aromatic rings. The lowest BCUT2D eigenvalue weighted by molar-refractivity contribution is -0.128. The Labute approximate surface area is 112 Å². The molecule has 0 aliphatic carbocycles. The van der Waals surface area contributed by atoms with Gasteiger partial charge in [0, 0.05) is 25.2 Å². The van der Waals surface area contributed by atoms with Gasteiger partial charge in [-0.05, 0) is 31.0 Å². The van der Waals surface area contributed by atoms with E-state index >= 15 is 0 Å². The summed E-state index contributed by atoms with van der Waals surface area (Å²) < 4.78 is 0. The third-order valence-corrected chi connectivity index (χ3v) is 3.17. The van der Waals surface area contributed by atoms with Crippen LogP contribution in [0.5, 0.6) is 0 Å². The summed E-state index contributed by atoms with van der Waals surface area (Å²) >= 11 is 0. The number of aliphatic hydroxyl groups excluding tert-OH is 1. The summed E-state index contributed by atoms with van der Waals surface area (Å²) in [5.41, 5.74) is 1.83. The number of hydrogen-bond donors (Lipinski definition) is 2. The molecule has 102 valence electrons. The first-order valence-electron chi connectivity index (χ1n) is 6.43. The van der Waals surface area contributed by atoms with Crippen LogP contribution in [0.3, 0.4) is 0 Å². The van der Waals surface area contributed by atoms with E-state index in [1.807, 2.05) is 24.3 Å². The summed E-state index contributed by atoms with van der Waals surface area (Å²) in [5, 5.41) is 11.7. The van der Waals surface area contributed by atoms with Gasteiger partial charge in [0.2, 0.25) is 11.8 Å². The maximum absolute atomic E-state index is 11.6. The number of nitrogens with zero attached hydrogens (tertiary/aromatic N) is 1. The number of aliphatic hydroxyl groups is 1. The molecule has 5 nitrogen and oxygen atoms in total. The minimum absolute atomic E-state index is 0.162. The fourth-order valence-corrected chi connectivity index (χ4v) is 2.05. The van der Waals surface area contributed by atoms with Crippen LogP contribution >= 0.6 is 0 Å². The summed E-state index contributed by atoms with van der Waals surface area (Å²) in [4.78, 5) is 24.6. The van der Waals surface area contributed by atoms with Crippen molar-refractivity contribution in [3.05, 3.63) is 29.8 Å². The van der Waals surface area contributed by atoms with Crippen LogP contribution in [0.2, 0.25) is 0 Å². The monoisotopic (exact) mass is 262 g/mol. The fraction of sp³-hybridized carbons (Fsp3) is 0.429. The van der Waals surface area contributed by atoms with E-state index in [4.69, 9.17) is 5.11 Å². The van der Waals surface area contributed by atoms with Gasteiger partial charge in [-0.15, -0.1) is 0 Å². The van der Waals surface area contributed by atoms with Gasteiger partial charge in [-0.2, -0.15) is 0 Å². The molecule has 2 rings (SSSR count). The molecule has 1 saturated heterocycles. The molecule has 1 aromatic carbocycles. The van der Waals surface area contributed by atoms with Crippen molar-refractivity contribution in [3.8, 4) is 0 Å². The summed E-state index contributed by atoms with van der Waals surface area (Å²) in [6, 6.07) is 7.52. The number of nitrogens with one attached hydrogen (secondary N) is 1. The second kappa shape index (κ2) is 5.84. The third kappa shape index (κ3) is 3.32. The van der Waals surface area contributed by atoms with E-state index < -0.39 is 12.0 Å². The van der Waals surface area contributed by atoms with Crippen LogP contribution in [-0.2, 0) is 16.1 Å². The fourth-order valence-electron chi connectivity index (χ4n) is 2.05. The normalized spacial score (nSPS) is 16.5. The number of carbonyl (C=O) groups excluding carboxylic acids is 2. The van der Waals surface area contributed by atoms with Crippen molar-refractivity contribution >= 4 is 17.5 Å². The van der Waals surface area contributed by atoms with Crippen molar-refractivity contribution in [1.29, 1.82) is 0 Å². The zero-order valence-electron chi connectivity index (χ0n) is 10.9. The van der Waals surface area contributed by atoms with Gasteiger partial charge in [-0.25, -0.2) is 0 Å². The van der Waals surface area contributed by atoms with Crippen LogP contribution < -0.4 is 10.2 Å². The average Bonchev–Trinajstić information content (AvgIpc) is 2.82. The average molecular weight is 262 g/mol. The molecule has 1 heterocycles. The molecule has 0 aromatic heterocycles. The number of carbonyl (C=O) groups is 2. The standard InChI is InChI=1S/C14H18N2O3/c1-10(17)14(19)15-9-11-4-6-12(7-5-11)16-8-2-3-13(16)18/h4-7,10,17H,2-3,8-9H2,1H3,(H,15,19). The maximum atomic E-state index is 11.6. The summed E-state index contributed by atoms with van der Waals surface area (Å²) in [5.74, 6) is -0.228. The summed E-state index contributed by atoms with van der Waals surface area (Å²) in [7, 11) is 0. The van der Waals surface area contributed by atoms with Crippen LogP contribution in [-0.4, -0.2) is 29.6 Å². The molecule has 5 heteroatoms. The topological polar surface area (TPSA) is 69.6 Å². The Balaban J connectivity index is 1.95. The van der Waals surface area contributed by atoms with Gasteiger partial charge in [-0.1, -0.05) is 12.1 Å². The van der Waals surface area contributed by atoms with Crippen LogP contribution in [0, 0.1) is 0 Å². The van der Waals surface area contributed by atoms with Crippen molar-refractivity contribution in [2.75, 3.05) is 11.4 Å². The second-order valence-corrected chi connectivity index (χ2v) is 4.71. The quantitative estimate of drug-likeness (QED) is 0.843. The number of amides is 2. The molecule has 19 heavy (non-hydrogen) atoms. The van der Waals surface area contributed by atoms with E-state index in [-0.39, 0.29) is 5.91 Å². The van der Waals surface area contributed by atoms with E-state index in [2.05, 4.69) is 5.32 Å². The Bertz CT molecular complexity index is 468. The zero-order valence-corrected chi connectivity index (χ0v) is 10.9. The summed E-state index contributed by atoms with van der Waals surface area (Å²) in [6.07, 6.45) is 0.526. The smallest absolute Gasteiger partial charge is 0.248 e. The van der Waals surface area contributed by atoms with Crippen LogP contribution in [0.15, 0.2) is 24.3 Å². The van der Waals surface area contributed by atoms with Gasteiger partial charge in [0.1, 0.15) is 6.10 Å². The number of anilines is 1. The molecular formula is C14H18N2O3. The molecule has 0 bridgehead atoms. The van der Waals surface area contributed by atoms with Crippen molar-refractivity contribution < 1.29 is 14.7 Å². The third-order valence-electron chi connectivity index (χ3n) is 3.17. The van der Waals surface area contributed by atoms with Gasteiger partial charge in [0.15, 0.2) is 0 Å². The SMILES string of the molecule is CC(O)C(=O)NCc1ccc(N2CCCC2=O)cc1. The Kier molecular flexibility index (Phi) is 4.16. The minimum Gasteiger partial charge on any atom is -0.384 e. The molecule has 1 aliphatic heterocycles. The van der Waals surface area contributed by atoms with Gasteiger partial charge < -0.3 is 15.3 Å². The first kappa shape index (κ1) is 13.5. The molecule has 0 saturated carbocycles. The van der Waals surface area contributed by atoms with E-state index in [0.29, 0.717) is 13.0 Å². The largest absolute Gasteiger partial charge is 0.384 e. The molecule has 1 aliphatic rings. The lowest BCUT2D eigenvalue weighted by Crippen LogP contribution is -2.31. The van der Waals surface area contributed by atoms with Crippen molar-refractivity contribution in [2.24, 2.45) is 0 Å². The van der Waals surface area contributed by atoms with Gasteiger partial charge in [0.25, 0.3) is 0 Å². The van der Waals surface area contributed by atoms with E-state index in [1.165, 1.54) is 6.92 Å². The number of hydrogen-bond acceptors (Lipinski definition) is 3. The first-order valence-corrected chi connectivity index (χ1v) is 6.43. The molecule has 2 amide bonds. The summed E-state index contributed by atoms with van der Waals surface area (Å²) in [6.45, 7) is 2.58. The van der Waals surface area contributed by atoms with Crippen molar-refractivity contribution in [3.63, 3.8) is 0 Å². The lowest BCUT2D eigenvalue weighted by atomic mass is 10.2. The van der Waals surface area contributed by atoms with E-state index in [1.54, 1.807) is 4.90 Å². The highest BCUT2D eigenvalue weighted by atomic mass is 16.3. The predicted octanol–water partition coefficient (Wildman–Crippen LogP) is 0.810. The molecule has 1 fully saturated rings. The molecule has 0 spiro atoms. The van der Waals surface area contributed by atoms with Gasteiger partial charge >= 0.3 is 0 Å². The van der Waals surface area contributed by atoms with Gasteiger partial charge in [0.05, 0.1) is 0 Å².